The molecule has 56 valence electrons. The van der Waals surface area contributed by atoms with Crippen molar-refractivity contribution in [1.29, 1.82) is 0 Å². The number of rotatable bonds is 1. The number of halogens is 2. The zero-order valence-electron chi connectivity index (χ0n) is 5.64. The second kappa shape index (κ2) is 3.01. The van der Waals surface area contributed by atoms with E-state index in [0.717, 1.165) is 6.07 Å². The van der Waals surface area contributed by atoms with Crippen LogP contribution in [0.4, 0.5) is 8.78 Å². The van der Waals surface area contributed by atoms with Gasteiger partial charge in [0.25, 0.3) is 0 Å². The first kappa shape index (κ1) is 8.20. The largest absolute Gasteiger partial charge is 0.392 e. The third kappa shape index (κ3) is 1.40. The molecule has 0 aromatic heterocycles. The molecule has 0 spiro atoms. The Hall–Kier alpha value is -0.895. The predicted molar refractivity (Wildman–Crippen MR) is 37.7 cm³/mol. The Morgan fingerprint density at radius 2 is 2.00 bits per heavy atom. The van der Waals surface area contributed by atoms with Crippen LogP contribution < -0.4 is 5.46 Å². The summed E-state index contributed by atoms with van der Waals surface area (Å²) in [6.07, 6.45) is 0. The van der Waals surface area contributed by atoms with Crippen LogP contribution >= 0.6 is 0 Å². The number of hydrogen-bond acceptors (Lipinski definition) is 1. The van der Waals surface area contributed by atoms with Gasteiger partial charge in [0.05, 0.1) is 6.61 Å². The minimum Gasteiger partial charge on any atom is -0.392 e. The van der Waals surface area contributed by atoms with Gasteiger partial charge >= 0.3 is 0 Å². The van der Waals surface area contributed by atoms with E-state index in [9.17, 15) is 8.78 Å². The lowest BCUT2D eigenvalue weighted by Crippen LogP contribution is -2.13. The van der Waals surface area contributed by atoms with Gasteiger partial charge in [-0.15, -0.1) is 0 Å². The van der Waals surface area contributed by atoms with E-state index in [2.05, 4.69) is 0 Å². The zero-order valence-corrected chi connectivity index (χ0v) is 5.64. The molecule has 2 radical (unpaired) electrons. The van der Waals surface area contributed by atoms with Crippen molar-refractivity contribution in [3.8, 4) is 0 Å². The highest BCUT2D eigenvalue weighted by atomic mass is 19.2. The summed E-state index contributed by atoms with van der Waals surface area (Å²) in [7, 11) is 5.23. The molecule has 0 amide bonds. The van der Waals surface area contributed by atoms with Gasteiger partial charge in [-0.3, -0.25) is 0 Å². The Kier molecular flexibility index (Phi) is 2.24. The summed E-state index contributed by atoms with van der Waals surface area (Å²) in [5.74, 6) is -2.07. The van der Waals surface area contributed by atoms with E-state index < -0.39 is 18.2 Å². The van der Waals surface area contributed by atoms with E-state index in [-0.39, 0.29) is 11.0 Å². The fourth-order valence-electron chi connectivity index (χ4n) is 0.768. The predicted octanol–water partition coefficient (Wildman–Crippen LogP) is 0.251. The fraction of sp³-hybridized carbons (Fsp3) is 0.143. The van der Waals surface area contributed by atoms with Crippen LogP contribution in [0, 0.1) is 11.6 Å². The van der Waals surface area contributed by atoms with Gasteiger partial charge in [-0.2, -0.15) is 0 Å². The summed E-state index contributed by atoms with van der Waals surface area (Å²) in [4.78, 5) is 0. The highest BCUT2D eigenvalue weighted by Gasteiger charge is 2.08. The van der Waals surface area contributed by atoms with Crippen molar-refractivity contribution >= 4 is 13.3 Å². The topological polar surface area (TPSA) is 20.2 Å². The Morgan fingerprint density at radius 1 is 1.36 bits per heavy atom. The van der Waals surface area contributed by atoms with Crippen molar-refractivity contribution in [2.75, 3.05) is 0 Å². The molecule has 0 aliphatic heterocycles. The van der Waals surface area contributed by atoms with Crippen LogP contribution in [0.3, 0.4) is 0 Å². The molecule has 0 aliphatic rings. The van der Waals surface area contributed by atoms with Gasteiger partial charge in [0.15, 0.2) is 11.6 Å². The van der Waals surface area contributed by atoms with Gasteiger partial charge < -0.3 is 5.11 Å². The van der Waals surface area contributed by atoms with Crippen LogP contribution in [0.1, 0.15) is 5.56 Å². The molecule has 0 bridgehead atoms. The SMILES string of the molecule is [B]c1ccc(F)c(F)c1CO. The van der Waals surface area contributed by atoms with Gasteiger partial charge in [-0.25, -0.2) is 8.78 Å². The van der Waals surface area contributed by atoms with Crippen molar-refractivity contribution in [3.05, 3.63) is 29.3 Å². The Bertz CT molecular complexity index is 275. The molecule has 0 saturated heterocycles. The third-order valence-corrected chi connectivity index (χ3v) is 1.39. The van der Waals surface area contributed by atoms with Crippen molar-refractivity contribution in [2.45, 2.75) is 6.61 Å². The van der Waals surface area contributed by atoms with Crippen LogP contribution in [-0.2, 0) is 6.61 Å². The lowest BCUT2D eigenvalue weighted by Gasteiger charge is -2.03. The average Bonchev–Trinajstić information content (AvgIpc) is 1.99. The maximum atomic E-state index is 12.6. The van der Waals surface area contributed by atoms with Crippen molar-refractivity contribution < 1.29 is 13.9 Å². The van der Waals surface area contributed by atoms with Crippen LogP contribution in [0.2, 0.25) is 0 Å². The van der Waals surface area contributed by atoms with E-state index in [1.165, 1.54) is 6.07 Å². The van der Waals surface area contributed by atoms with Gasteiger partial charge in [-0.05, 0) is 6.07 Å². The Labute approximate surface area is 64.1 Å². The highest BCUT2D eigenvalue weighted by Crippen LogP contribution is 2.08. The zero-order chi connectivity index (χ0) is 8.43. The second-order valence-electron chi connectivity index (χ2n) is 2.09. The summed E-state index contributed by atoms with van der Waals surface area (Å²) in [5, 5.41) is 8.54. The quantitative estimate of drug-likeness (QED) is 0.574. The molecule has 0 unspecified atom stereocenters. The molecule has 0 heterocycles. The first-order chi connectivity index (χ1) is 5.16. The molecule has 11 heavy (non-hydrogen) atoms. The number of benzene rings is 1. The van der Waals surface area contributed by atoms with Crippen LogP contribution in [-0.4, -0.2) is 13.0 Å². The third-order valence-electron chi connectivity index (χ3n) is 1.39. The Balaban J connectivity index is 3.29. The van der Waals surface area contributed by atoms with E-state index in [4.69, 9.17) is 13.0 Å². The van der Waals surface area contributed by atoms with E-state index in [1.807, 2.05) is 0 Å². The van der Waals surface area contributed by atoms with Crippen molar-refractivity contribution in [2.24, 2.45) is 0 Å². The molecular weight excluding hydrogens is 149 g/mol. The fourth-order valence-corrected chi connectivity index (χ4v) is 0.768. The van der Waals surface area contributed by atoms with Gasteiger partial charge in [0, 0.05) is 5.56 Å². The highest BCUT2D eigenvalue weighted by molar-refractivity contribution is 6.33. The molecule has 1 aromatic carbocycles. The van der Waals surface area contributed by atoms with E-state index >= 15 is 0 Å². The normalized spacial score (nSPS) is 10.1. The maximum absolute atomic E-state index is 12.6. The molecule has 0 fully saturated rings. The molecule has 1 nitrogen and oxygen atoms in total. The van der Waals surface area contributed by atoms with E-state index in [0.29, 0.717) is 0 Å². The van der Waals surface area contributed by atoms with Crippen LogP contribution in [0.25, 0.3) is 0 Å². The molecule has 1 rings (SSSR count). The molecule has 0 saturated carbocycles. The Morgan fingerprint density at radius 3 is 2.45 bits per heavy atom. The lowest BCUT2D eigenvalue weighted by atomic mass is 9.90. The molecular formula is C7H5BF2O. The molecule has 4 heteroatoms. The first-order valence-electron chi connectivity index (χ1n) is 3.00. The molecule has 0 aliphatic carbocycles. The molecule has 1 N–H and O–H groups in total. The minimum atomic E-state index is -1.08. The summed E-state index contributed by atoms with van der Waals surface area (Å²) < 4.78 is 25.1. The molecule has 1 aromatic rings. The standard InChI is InChI=1S/C7H5BF2O/c8-5-1-2-6(9)7(10)4(5)3-11/h1-2,11H,3H2. The van der Waals surface area contributed by atoms with Crippen LogP contribution in [0.5, 0.6) is 0 Å². The van der Waals surface area contributed by atoms with Gasteiger partial charge in [0.2, 0.25) is 0 Å². The minimum absolute atomic E-state index is 0.0615. The summed E-state index contributed by atoms with van der Waals surface area (Å²) in [5.41, 5.74) is -0.128. The monoisotopic (exact) mass is 154 g/mol. The van der Waals surface area contributed by atoms with Gasteiger partial charge in [0.1, 0.15) is 7.85 Å². The summed E-state index contributed by atoms with van der Waals surface area (Å²) in [6.45, 7) is -0.588. The molecule has 0 atom stereocenters. The second-order valence-corrected chi connectivity index (χ2v) is 2.09. The smallest absolute Gasteiger partial charge is 0.163 e. The van der Waals surface area contributed by atoms with Crippen molar-refractivity contribution in [1.82, 2.24) is 0 Å². The summed E-state index contributed by atoms with van der Waals surface area (Å²) >= 11 is 0. The first-order valence-corrected chi connectivity index (χ1v) is 3.00. The number of hydrogen-bond donors (Lipinski definition) is 1. The van der Waals surface area contributed by atoms with Crippen molar-refractivity contribution in [3.63, 3.8) is 0 Å². The van der Waals surface area contributed by atoms with E-state index in [1.54, 1.807) is 0 Å². The lowest BCUT2D eigenvalue weighted by molar-refractivity contribution is 0.274. The number of aliphatic hydroxyl groups is 1. The van der Waals surface area contributed by atoms with Gasteiger partial charge in [-0.1, -0.05) is 11.5 Å². The number of aliphatic hydroxyl groups excluding tert-OH is 1. The maximum Gasteiger partial charge on any atom is 0.163 e. The van der Waals surface area contributed by atoms with Crippen LogP contribution in [0.15, 0.2) is 12.1 Å². The average molecular weight is 154 g/mol. The summed E-state index contributed by atoms with van der Waals surface area (Å²) in [6, 6.07) is 2.13.